The van der Waals surface area contributed by atoms with E-state index in [4.69, 9.17) is 21.6 Å². The summed E-state index contributed by atoms with van der Waals surface area (Å²) in [7, 11) is 0. The third-order valence-electron chi connectivity index (χ3n) is 1.97. The number of ether oxygens (including phenoxy) is 1. The number of amides is 1. The van der Waals surface area contributed by atoms with Crippen molar-refractivity contribution in [2.75, 3.05) is 5.32 Å². The molecule has 1 aromatic carbocycles. The zero-order valence-electron chi connectivity index (χ0n) is 10.6. The second kappa shape index (κ2) is 5.74. The zero-order chi connectivity index (χ0) is 13.8. The van der Waals surface area contributed by atoms with Gasteiger partial charge in [-0.15, -0.1) is 0 Å². The van der Waals surface area contributed by atoms with Crippen molar-refractivity contribution in [1.29, 1.82) is 5.26 Å². The number of hydrogen-bond acceptors (Lipinski definition) is 3. The quantitative estimate of drug-likeness (QED) is 0.887. The Morgan fingerprint density at radius 1 is 1.50 bits per heavy atom. The number of nitriles is 1. The second-order valence-corrected chi connectivity index (χ2v) is 5.20. The normalized spacial score (nSPS) is 10.6. The van der Waals surface area contributed by atoms with Crippen molar-refractivity contribution in [2.45, 2.75) is 32.8 Å². The molecule has 18 heavy (non-hydrogen) atoms. The van der Waals surface area contributed by atoms with Gasteiger partial charge in [-0.05, 0) is 44.5 Å². The maximum atomic E-state index is 11.6. The molecule has 0 aliphatic carbocycles. The maximum absolute atomic E-state index is 11.6. The number of carbonyl (C=O) groups excluding carboxylic acids is 1. The van der Waals surface area contributed by atoms with Gasteiger partial charge in [-0.2, -0.15) is 5.26 Å². The summed E-state index contributed by atoms with van der Waals surface area (Å²) in [6, 6.07) is 6.97. The fraction of sp³-hybridized carbons (Fsp3) is 0.385. The van der Waals surface area contributed by atoms with Gasteiger partial charge in [-0.25, -0.2) is 4.79 Å². The highest BCUT2D eigenvalue weighted by Gasteiger charge is 2.17. The Balaban J connectivity index is 2.84. The molecule has 0 heterocycles. The molecule has 0 radical (unpaired) electrons. The highest BCUT2D eigenvalue weighted by atomic mass is 35.5. The van der Waals surface area contributed by atoms with Crippen LogP contribution in [0.2, 0.25) is 5.02 Å². The Morgan fingerprint density at radius 2 is 2.17 bits per heavy atom. The fourth-order valence-corrected chi connectivity index (χ4v) is 1.52. The van der Waals surface area contributed by atoms with E-state index < -0.39 is 11.7 Å². The maximum Gasteiger partial charge on any atom is 0.412 e. The number of halogens is 1. The molecule has 5 heteroatoms. The lowest BCUT2D eigenvalue weighted by atomic mass is 10.1. The summed E-state index contributed by atoms with van der Waals surface area (Å²) in [5, 5.41) is 11.8. The van der Waals surface area contributed by atoms with Gasteiger partial charge in [-0.1, -0.05) is 11.6 Å². The average Bonchev–Trinajstić information content (AvgIpc) is 2.20. The van der Waals surface area contributed by atoms with Crippen molar-refractivity contribution in [1.82, 2.24) is 0 Å². The van der Waals surface area contributed by atoms with Crippen LogP contribution in [0.3, 0.4) is 0 Å². The number of carbonyl (C=O) groups is 1. The van der Waals surface area contributed by atoms with Gasteiger partial charge in [0.15, 0.2) is 0 Å². The van der Waals surface area contributed by atoms with Crippen molar-refractivity contribution in [3.63, 3.8) is 0 Å². The summed E-state index contributed by atoms with van der Waals surface area (Å²) in [5.74, 6) is 0. The lowest BCUT2D eigenvalue weighted by Crippen LogP contribution is -2.27. The molecule has 1 aromatic rings. The monoisotopic (exact) mass is 266 g/mol. The van der Waals surface area contributed by atoms with Crippen LogP contribution in [0.15, 0.2) is 18.2 Å². The van der Waals surface area contributed by atoms with E-state index in [2.05, 4.69) is 5.32 Å². The average molecular weight is 267 g/mol. The first kappa shape index (κ1) is 14.3. The molecular formula is C13H15ClN2O2. The summed E-state index contributed by atoms with van der Waals surface area (Å²) in [6.07, 6.45) is -0.380. The van der Waals surface area contributed by atoms with Crippen molar-refractivity contribution in [2.24, 2.45) is 0 Å². The molecule has 96 valence electrons. The Kier molecular flexibility index (Phi) is 4.57. The molecule has 1 N–H and O–H groups in total. The van der Waals surface area contributed by atoms with E-state index in [0.717, 1.165) is 0 Å². The fourth-order valence-electron chi connectivity index (χ4n) is 1.33. The van der Waals surface area contributed by atoms with Gasteiger partial charge in [0.2, 0.25) is 0 Å². The Bertz CT molecular complexity index is 487. The van der Waals surface area contributed by atoms with Crippen molar-refractivity contribution in [3.8, 4) is 6.07 Å². The van der Waals surface area contributed by atoms with E-state index in [1.807, 2.05) is 6.07 Å². The van der Waals surface area contributed by atoms with E-state index in [9.17, 15) is 4.79 Å². The van der Waals surface area contributed by atoms with E-state index in [1.165, 1.54) is 0 Å². The second-order valence-electron chi connectivity index (χ2n) is 4.76. The summed E-state index contributed by atoms with van der Waals surface area (Å²) in [4.78, 5) is 11.6. The van der Waals surface area contributed by atoms with Gasteiger partial charge in [0.1, 0.15) is 5.60 Å². The van der Waals surface area contributed by atoms with Gasteiger partial charge in [0.25, 0.3) is 0 Å². The van der Waals surface area contributed by atoms with Crippen LogP contribution in [0.5, 0.6) is 0 Å². The molecule has 0 spiro atoms. The smallest absolute Gasteiger partial charge is 0.412 e. The molecule has 1 rings (SSSR count). The standard InChI is InChI=1S/C13H15ClN2O2/c1-13(2,3)18-12(17)16-11-5-4-10(14)8-9(11)6-7-15/h4-5,8H,6H2,1-3H3,(H,16,17). The first-order chi connectivity index (χ1) is 8.31. The van der Waals surface area contributed by atoms with E-state index >= 15 is 0 Å². The minimum Gasteiger partial charge on any atom is -0.444 e. The molecule has 0 fully saturated rings. The third-order valence-corrected chi connectivity index (χ3v) is 2.21. The Morgan fingerprint density at radius 3 is 2.72 bits per heavy atom. The van der Waals surface area contributed by atoms with Gasteiger partial charge in [-0.3, -0.25) is 5.32 Å². The highest BCUT2D eigenvalue weighted by Crippen LogP contribution is 2.22. The molecule has 0 atom stereocenters. The van der Waals surface area contributed by atoms with Crippen LogP contribution in [0.4, 0.5) is 10.5 Å². The molecular weight excluding hydrogens is 252 g/mol. The lowest BCUT2D eigenvalue weighted by Gasteiger charge is -2.20. The molecule has 0 aliphatic rings. The van der Waals surface area contributed by atoms with Crippen molar-refractivity contribution in [3.05, 3.63) is 28.8 Å². The summed E-state index contributed by atoms with van der Waals surface area (Å²) >= 11 is 5.84. The molecule has 0 aromatic heterocycles. The van der Waals surface area contributed by atoms with Crippen LogP contribution >= 0.6 is 11.6 Å². The number of anilines is 1. The van der Waals surface area contributed by atoms with Crippen LogP contribution in [-0.2, 0) is 11.2 Å². The van der Waals surface area contributed by atoms with Gasteiger partial charge in [0.05, 0.1) is 12.5 Å². The summed E-state index contributed by atoms with van der Waals surface area (Å²) in [5.41, 5.74) is 0.636. The predicted molar refractivity (Wildman–Crippen MR) is 70.6 cm³/mol. The number of benzene rings is 1. The lowest BCUT2D eigenvalue weighted by molar-refractivity contribution is 0.0636. The molecule has 0 saturated heterocycles. The summed E-state index contributed by atoms with van der Waals surface area (Å²) in [6.45, 7) is 5.35. The van der Waals surface area contributed by atoms with E-state index in [0.29, 0.717) is 16.3 Å². The van der Waals surface area contributed by atoms with E-state index in [1.54, 1.807) is 39.0 Å². The van der Waals surface area contributed by atoms with Gasteiger partial charge < -0.3 is 4.74 Å². The van der Waals surface area contributed by atoms with Crippen LogP contribution in [0.25, 0.3) is 0 Å². The molecule has 0 unspecified atom stereocenters. The van der Waals surface area contributed by atoms with Crippen molar-refractivity contribution < 1.29 is 9.53 Å². The molecule has 1 amide bonds. The Hall–Kier alpha value is -1.73. The van der Waals surface area contributed by atoms with Crippen LogP contribution in [0.1, 0.15) is 26.3 Å². The SMILES string of the molecule is CC(C)(C)OC(=O)Nc1ccc(Cl)cc1CC#N. The highest BCUT2D eigenvalue weighted by molar-refractivity contribution is 6.30. The molecule has 4 nitrogen and oxygen atoms in total. The minimum atomic E-state index is -0.564. The number of hydrogen-bond donors (Lipinski definition) is 1. The number of nitrogens with one attached hydrogen (secondary N) is 1. The van der Waals surface area contributed by atoms with Gasteiger partial charge >= 0.3 is 6.09 Å². The topological polar surface area (TPSA) is 62.1 Å². The van der Waals surface area contributed by atoms with Crippen molar-refractivity contribution >= 4 is 23.4 Å². The summed E-state index contributed by atoms with van der Waals surface area (Å²) < 4.78 is 5.14. The predicted octanol–water partition coefficient (Wildman–Crippen LogP) is 3.75. The largest absolute Gasteiger partial charge is 0.444 e. The van der Waals surface area contributed by atoms with E-state index in [-0.39, 0.29) is 6.42 Å². The number of nitrogens with zero attached hydrogens (tertiary/aromatic N) is 1. The molecule has 0 bridgehead atoms. The molecule has 0 aliphatic heterocycles. The van der Waals surface area contributed by atoms with Crippen LogP contribution in [-0.4, -0.2) is 11.7 Å². The zero-order valence-corrected chi connectivity index (χ0v) is 11.3. The first-order valence-corrected chi connectivity index (χ1v) is 5.85. The first-order valence-electron chi connectivity index (χ1n) is 5.47. The number of rotatable bonds is 2. The van der Waals surface area contributed by atoms with Gasteiger partial charge in [0, 0.05) is 10.7 Å². The third kappa shape index (κ3) is 4.64. The molecule has 0 saturated carbocycles. The Labute approximate surface area is 112 Å². The van der Waals surface area contributed by atoms with Crippen LogP contribution < -0.4 is 5.32 Å². The van der Waals surface area contributed by atoms with Crippen LogP contribution in [0, 0.1) is 11.3 Å². The minimum absolute atomic E-state index is 0.172.